The van der Waals surface area contributed by atoms with E-state index in [1.807, 2.05) is 26.0 Å². The Morgan fingerprint density at radius 2 is 2.00 bits per heavy atom. The lowest BCUT2D eigenvalue weighted by Gasteiger charge is -2.11. The van der Waals surface area contributed by atoms with Gasteiger partial charge in [0.05, 0.1) is 7.11 Å². The maximum absolute atomic E-state index is 11.9. The summed E-state index contributed by atoms with van der Waals surface area (Å²) < 4.78 is 5.21. The summed E-state index contributed by atoms with van der Waals surface area (Å²) in [4.78, 5) is 11.9. The lowest BCUT2D eigenvalue weighted by molar-refractivity contribution is 0.0980. The van der Waals surface area contributed by atoms with Crippen molar-refractivity contribution in [1.82, 2.24) is 0 Å². The fourth-order valence-electron chi connectivity index (χ4n) is 1.72. The number of ketones is 1. The number of rotatable bonds is 5. The Hall–Kier alpha value is -1.35. The Bertz CT molecular complexity index is 386. The average Bonchev–Trinajstić information content (AvgIpc) is 2.29. The Balaban J connectivity index is 2.98. The van der Waals surface area contributed by atoms with Gasteiger partial charge in [0.25, 0.3) is 0 Å². The van der Waals surface area contributed by atoms with Crippen molar-refractivity contribution >= 4 is 5.78 Å². The van der Waals surface area contributed by atoms with E-state index >= 15 is 0 Å². The summed E-state index contributed by atoms with van der Waals surface area (Å²) in [7, 11) is 1.64. The third-order valence-corrected chi connectivity index (χ3v) is 2.87. The zero-order valence-corrected chi connectivity index (χ0v) is 10.2. The van der Waals surface area contributed by atoms with Crippen LogP contribution in [0, 0.1) is 13.8 Å². The number of carbonyl (C=O) groups excluding carboxylic acids is 1. The maximum Gasteiger partial charge on any atom is 0.163 e. The van der Waals surface area contributed by atoms with Crippen molar-refractivity contribution in [2.75, 3.05) is 13.7 Å². The molecule has 0 radical (unpaired) electrons. The second-order valence-corrected chi connectivity index (χ2v) is 3.88. The normalized spacial score (nSPS) is 10.2. The number of benzene rings is 1. The molecule has 0 aliphatic rings. The van der Waals surface area contributed by atoms with Gasteiger partial charge in [-0.3, -0.25) is 4.79 Å². The second-order valence-electron chi connectivity index (χ2n) is 3.88. The van der Waals surface area contributed by atoms with Crippen LogP contribution in [-0.4, -0.2) is 19.4 Å². The van der Waals surface area contributed by atoms with E-state index in [1.54, 1.807) is 7.11 Å². The van der Waals surface area contributed by atoms with E-state index in [2.05, 4.69) is 0 Å². The van der Waals surface area contributed by atoms with Gasteiger partial charge in [-0.2, -0.15) is 0 Å². The molecule has 0 unspecified atom stereocenters. The van der Waals surface area contributed by atoms with E-state index in [4.69, 9.17) is 10.5 Å². The first-order valence-corrected chi connectivity index (χ1v) is 5.49. The van der Waals surface area contributed by atoms with Crippen LogP contribution >= 0.6 is 0 Å². The van der Waals surface area contributed by atoms with E-state index < -0.39 is 0 Å². The van der Waals surface area contributed by atoms with Crippen LogP contribution in [0.4, 0.5) is 0 Å². The predicted molar refractivity (Wildman–Crippen MR) is 65.1 cm³/mol. The topological polar surface area (TPSA) is 52.3 Å². The number of hydrogen-bond donors (Lipinski definition) is 1. The number of methoxy groups -OCH3 is 1. The monoisotopic (exact) mass is 221 g/mol. The van der Waals surface area contributed by atoms with Gasteiger partial charge in [-0.25, -0.2) is 0 Å². The molecule has 3 nitrogen and oxygen atoms in total. The summed E-state index contributed by atoms with van der Waals surface area (Å²) in [5.74, 6) is 0.988. The fourth-order valence-corrected chi connectivity index (χ4v) is 1.72. The molecule has 0 bridgehead atoms. The zero-order valence-electron chi connectivity index (χ0n) is 10.2. The zero-order chi connectivity index (χ0) is 12.1. The van der Waals surface area contributed by atoms with Crippen LogP contribution < -0.4 is 10.5 Å². The fraction of sp³-hybridized carbons (Fsp3) is 0.462. The number of hydrogen-bond acceptors (Lipinski definition) is 3. The number of nitrogens with two attached hydrogens (primary N) is 1. The molecule has 1 rings (SSSR count). The molecule has 0 aliphatic heterocycles. The van der Waals surface area contributed by atoms with E-state index in [0.29, 0.717) is 13.0 Å². The highest BCUT2D eigenvalue weighted by Crippen LogP contribution is 2.24. The van der Waals surface area contributed by atoms with Crippen LogP contribution in [0.25, 0.3) is 0 Å². The molecule has 0 saturated carbocycles. The van der Waals surface area contributed by atoms with Crippen molar-refractivity contribution < 1.29 is 9.53 Å². The van der Waals surface area contributed by atoms with E-state index in [1.165, 1.54) is 0 Å². The Kier molecular flexibility index (Phi) is 4.50. The molecule has 3 heteroatoms. The van der Waals surface area contributed by atoms with Gasteiger partial charge in [-0.1, -0.05) is 0 Å². The van der Waals surface area contributed by atoms with E-state index in [0.717, 1.165) is 28.9 Å². The highest BCUT2D eigenvalue weighted by atomic mass is 16.5. The highest BCUT2D eigenvalue weighted by molar-refractivity contribution is 5.97. The quantitative estimate of drug-likeness (QED) is 0.776. The standard InChI is InChI=1S/C13H19NO2/c1-9-10(2)13(16-3)7-6-11(9)12(15)5-4-8-14/h6-7H,4-5,8,14H2,1-3H3. The molecule has 0 atom stereocenters. The molecule has 1 aromatic rings. The lowest BCUT2D eigenvalue weighted by atomic mass is 9.97. The first kappa shape index (κ1) is 12.7. The molecule has 16 heavy (non-hydrogen) atoms. The first-order valence-electron chi connectivity index (χ1n) is 5.49. The molecule has 0 aliphatic carbocycles. The molecule has 2 N–H and O–H groups in total. The third kappa shape index (κ3) is 2.61. The van der Waals surface area contributed by atoms with Crippen molar-refractivity contribution in [2.45, 2.75) is 26.7 Å². The van der Waals surface area contributed by atoms with Crippen LogP contribution in [0.1, 0.15) is 34.3 Å². The van der Waals surface area contributed by atoms with Gasteiger partial charge in [-0.05, 0) is 50.1 Å². The predicted octanol–water partition coefficient (Wildman–Crippen LogP) is 2.23. The lowest BCUT2D eigenvalue weighted by Crippen LogP contribution is -2.07. The van der Waals surface area contributed by atoms with Crippen molar-refractivity contribution in [2.24, 2.45) is 5.73 Å². The van der Waals surface area contributed by atoms with Gasteiger partial charge in [0.2, 0.25) is 0 Å². The molecule has 0 heterocycles. The minimum atomic E-state index is 0.161. The molecule has 88 valence electrons. The van der Waals surface area contributed by atoms with E-state index in [9.17, 15) is 4.79 Å². The largest absolute Gasteiger partial charge is 0.496 e. The molecular weight excluding hydrogens is 202 g/mol. The SMILES string of the molecule is COc1ccc(C(=O)CCCN)c(C)c1C. The van der Waals surface area contributed by atoms with Gasteiger partial charge in [-0.15, -0.1) is 0 Å². The van der Waals surface area contributed by atoms with Gasteiger partial charge in [0.15, 0.2) is 5.78 Å². The molecule has 0 fully saturated rings. The third-order valence-electron chi connectivity index (χ3n) is 2.87. The van der Waals surface area contributed by atoms with Gasteiger partial charge < -0.3 is 10.5 Å². The molecule has 0 spiro atoms. The summed E-state index contributed by atoms with van der Waals surface area (Å²) in [5.41, 5.74) is 8.21. The summed E-state index contributed by atoms with van der Waals surface area (Å²) in [6.07, 6.45) is 1.26. The van der Waals surface area contributed by atoms with Gasteiger partial charge >= 0.3 is 0 Å². The van der Waals surface area contributed by atoms with Crippen molar-refractivity contribution in [3.05, 3.63) is 28.8 Å². The molecule has 0 saturated heterocycles. The molecule has 0 aromatic heterocycles. The summed E-state index contributed by atoms with van der Waals surface area (Å²) >= 11 is 0. The van der Waals surface area contributed by atoms with Crippen LogP contribution in [-0.2, 0) is 0 Å². The maximum atomic E-state index is 11.9. The summed E-state index contributed by atoms with van der Waals surface area (Å²) in [5, 5.41) is 0. The average molecular weight is 221 g/mol. The molecular formula is C13H19NO2. The van der Waals surface area contributed by atoms with Crippen LogP contribution in [0.5, 0.6) is 5.75 Å². The number of carbonyl (C=O) groups is 1. The Labute approximate surface area is 96.6 Å². The smallest absolute Gasteiger partial charge is 0.163 e. The van der Waals surface area contributed by atoms with Crippen molar-refractivity contribution in [1.29, 1.82) is 0 Å². The van der Waals surface area contributed by atoms with Crippen LogP contribution in [0.3, 0.4) is 0 Å². The second kappa shape index (κ2) is 5.66. The molecule has 1 aromatic carbocycles. The summed E-state index contributed by atoms with van der Waals surface area (Å²) in [6, 6.07) is 3.68. The van der Waals surface area contributed by atoms with Crippen LogP contribution in [0.15, 0.2) is 12.1 Å². The Morgan fingerprint density at radius 3 is 2.56 bits per heavy atom. The van der Waals surface area contributed by atoms with Gasteiger partial charge in [0, 0.05) is 12.0 Å². The number of Topliss-reactive ketones (excluding diaryl/α,β-unsaturated/α-hetero) is 1. The minimum absolute atomic E-state index is 0.161. The Morgan fingerprint density at radius 1 is 1.31 bits per heavy atom. The van der Waals surface area contributed by atoms with E-state index in [-0.39, 0.29) is 5.78 Å². The van der Waals surface area contributed by atoms with Crippen molar-refractivity contribution in [3.63, 3.8) is 0 Å². The minimum Gasteiger partial charge on any atom is -0.496 e. The number of ether oxygens (including phenoxy) is 1. The summed E-state index contributed by atoms with van der Waals surface area (Å²) in [6.45, 7) is 4.47. The van der Waals surface area contributed by atoms with Crippen LogP contribution in [0.2, 0.25) is 0 Å². The van der Waals surface area contributed by atoms with Crippen molar-refractivity contribution in [3.8, 4) is 5.75 Å². The highest BCUT2D eigenvalue weighted by Gasteiger charge is 2.12. The first-order chi connectivity index (χ1) is 7.61. The van der Waals surface area contributed by atoms with Gasteiger partial charge in [0.1, 0.15) is 5.75 Å². The molecule has 0 amide bonds.